The summed E-state index contributed by atoms with van der Waals surface area (Å²) in [4.78, 5) is 15.5. The van der Waals surface area contributed by atoms with Gasteiger partial charge in [0, 0.05) is 20.2 Å². The molecule has 1 aromatic heterocycles. The zero-order valence-electron chi connectivity index (χ0n) is 11.7. The number of ether oxygens (including phenoxy) is 1. The quantitative estimate of drug-likeness (QED) is 0.455. The van der Waals surface area contributed by atoms with Gasteiger partial charge in [-0.05, 0) is 55.7 Å². The van der Waals surface area contributed by atoms with Crippen molar-refractivity contribution in [2.45, 2.75) is 11.8 Å². The molecular formula is C16H16O2S2. The first kappa shape index (κ1) is 14.9. The minimum absolute atomic E-state index is 0.0120. The average Bonchev–Trinajstić information content (AvgIpc) is 2.89. The number of aryl methyl sites for hydroxylation is 1. The van der Waals surface area contributed by atoms with E-state index in [4.69, 9.17) is 4.74 Å². The van der Waals surface area contributed by atoms with Crippen molar-refractivity contribution in [3.8, 4) is 5.75 Å². The Morgan fingerprint density at radius 2 is 2.10 bits per heavy atom. The fourth-order valence-electron chi connectivity index (χ4n) is 1.79. The summed E-state index contributed by atoms with van der Waals surface area (Å²) in [5, 5.41) is 0. The fraction of sp³-hybridized carbons (Fsp3) is 0.188. The summed E-state index contributed by atoms with van der Waals surface area (Å²) in [5.41, 5.74) is 0.643. The SMILES string of the molecule is COc1cc(C(=O)/C=C/c2ccc(C)s2)ccc1SC. The van der Waals surface area contributed by atoms with Crippen LogP contribution in [0.15, 0.2) is 41.3 Å². The molecule has 0 radical (unpaired) electrons. The van der Waals surface area contributed by atoms with E-state index in [2.05, 4.69) is 6.92 Å². The molecule has 2 aromatic rings. The molecule has 0 aliphatic carbocycles. The van der Waals surface area contributed by atoms with E-state index < -0.39 is 0 Å². The normalized spacial score (nSPS) is 10.9. The highest BCUT2D eigenvalue weighted by molar-refractivity contribution is 7.98. The third kappa shape index (κ3) is 3.52. The molecule has 0 saturated carbocycles. The predicted molar refractivity (Wildman–Crippen MR) is 87.2 cm³/mol. The number of ketones is 1. The van der Waals surface area contributed by atoms with E-state index in [1.54, 1.807) is 42.4 Å². The summed E-state index contributed by atoms with van der Waals surface area (Å²) < 4.78 is 5.30. The van der Waals surface area contributed by atoms with Crippen LogP contribution in [0.3, 0.4) is 0 Å². The molecule has 4 heteroatoms. The Balaban J connectivity index is 2.19. The maximum atomic E-state index is 12.1. The van der Waals surface area contributed by atoms with Crippen LogP contribution in [0.4, 0.5) is 0 Å². The first-order chi connectivity index (χ1) is 9.63. The van der Waals surface area contributed by atoms with Crippen LogP contribution in [-0.2, 0) is 0 Å². The number of hydrogen-bond acceptors (Lipinski definition) is 4. The van der Waals surface area contributed by atoms with E-state index in [0.29, 0.717) is 5.56 Å². The zero-order chi connectivity index (χ0) is 14.5. The van der Waals surface area contributed by atoms with Crippen molar-refractivity contribution < 1.29 is 9.53 Å². The van der Waals surface area contributed by atoms with Crippen LogP contribution in [0.25, 0.3) is 6.08 Å². The van der Waals surface area contributed by atoms with E-state index in [0.717, 1.165) is 15.5 Å². The summed E-state index contributed by atoms with van der Waals surface area (Å²) >= 11 is 3.27. The molecule has 2 nitrogen and oxygen atoms in total. The number of carbonyl (C=O) groups is 1. The third-order valence-corrected chi connectivity index (χ3v) is 4.57. The molecule has 1 aromatic carbocycles. The van der Waals surface area contributed by atoms with Crippen LogP contribution in [0.5, 0.6) is 5.75 Å². The monoisotopic (exact) mass is 304 g/mol. The first-order valence-corrected chi connectivity index (χ1v) is 8.19. The van der Waals surface area contributed by atoms with Gasteiger partial charge in [0.2, 0.25) is 0 Å². The van der Waals surface area contributed by atoms with Crippen LogP contribution >= 0.6 is 23.1 Å². The summed E-state index contributed by atoms with van der Waals surface area (Å²) in [5.74, 6) is 0.728. The molecule has 2 rings (SSSR count). The largest absolute Gasteiger partial charge is 0.496 e. The van der Waals surface area contributed by atoms with E-state index in [1.807, 2.05) is 36.6 Å². The van der Waals surface area contributed by atoms with Crippen molar-refractivity contribution in [2.75, 3.05) is 13.4 Å². The maximum Gasteiger partial charge on any atom is 0.186 e. The second kappa shape index (κ2) is 6.77. The van der Waals surface area contributed by atoms with Crippen LogP contribution in [0.1, 0.15) is 20.1 Å². The average molecular weight is 304 g/mol. The smallest absolute Gasteiger partial charge is 0.186 e. The van der Waals surface area contributed by atoms with Gasteiger partial charge in [0.25, 0.3) is 0 Å². The Morgan fingerprint density at radius 3 is 2.70 bits per heavy atom. The number of benzene rings is 1. The molecule has 104 valence electrons. The number of rotatable bonds is 5. The topological polar surface area (TPSA) is 26.3 Å². The highest BCUT2D eigenvalue weighted by atomic mass is 32.2. The van der Waals surface area contributed by atoms with E-state index in [9.17, 15) is 4.79 Å². The van der Waals surface area contributed by atoms with Gasteiger partial charge >= 0.3 is 0 Å². The van der Waals surface area contributed by atoms with Crippen molar-refractivity contribution in [3.05, 3.63) is 51.7 Å². The van der Waals surface area contributed by atoms with E-state index >= 15 is 0 Å². The van der Waals surface area contributed by atoms with Gasteiger partial charge in [-0.1, -0.05) is 0 Å². The van der Waals surface area contributed by atoms with Crippen molar-refractivity contribution in [3.63, 3.8) is 0 Å². The Hall–Kier alpha value is -1.52. The lowest BCUT2D eigenvalue weighted by molar-refractivity contribution is 0.104. The Morgan fingerprint density at radius 1 is 1.30 bits per heavy atom. The number of thiophene rings is 1. The summed E-state index contributed by atoms with van der Waals surface area (Å²) in [6.45, 7) is 2.05. The minimum atomic E-state index is -0.0120. The molecular weight excluding hydrogens is 288 g/mol. The van der Waals surface area contributed by atoms with Gasteiger partial charge in [-0.15, -0.1) is 23.1 Å². The molecule has 0 unspecified atom stereocenters. The maximum absolute atomic E-state index is 12.1. The zero-order valence-corrected chi connectivity index (χ0v) is 13.3. The number of hydrogen-bond donors (Lipinski definition) is 0. The number of carbonyl (C=O) groups excluding carboxylic acids is 1. The number of methoxy groups -OCH3 is 1. The van der Waals surface area contributed by atoms with Crippen molar-refractivity contribution in [1.82, 2.24) is 0 Å². The van der Waals surface area contributed by atoms with Crippen molar-refractivity contribution in [2.24, 2.45) is 0 Å². The molecule has 0 amide bonds. The van der Waals surface area contributed by atoms with Gasteiger partial charge in [0.15, 0.2) is 5.78 Å². The van der Waals surface area contributed by atoms with Gasteiger partial charge in [0.1, 0.15) is 5.75 Å². The Labute approximate surface area is 127 Å². The molecule has 0 bridgehead atoms. The Bertz CT molecular complexity index is 642. The lowest BCUT2D eigenvalue weighted by Crippen LogP contribution is -1.96. The number of thioether (sulfide) groups is 1. The second-order valence-corrected chi connectivity index (χ2v) is 6.38. The lowest BCUT2D eigenvalue weighted by Gasteiger charge is -2.07. The van der Waals surface area contributed by atoms with E-state index in [-0.39, 0.29) is 5.78 Å². The summed E-state index contributed by atoms with van der Waals surface area (Å²) in [7, 11) is 1.62. The number of allylic oxidation sites excluding steroid dienone is 1. The molecule has 0 aliphatic rings. The summed E-state index contributed by atoms with van der Waals surface area (Å²) in [6, 6.07) is 9.60. The first-order valence-electron chi connectivity index (χ1n) is 6.15. The van der Waals surface area contributed by atoms with Crippen LogP contribution in [0.2, 0.25) is 0 Å². The van der Waals surface area contributed by atoms with Gasteiger partial charge < -0.3 is 4.74 Å². The van der Waals surface area contributed by atoms with Gasteiger partial charge in [-0.25, -0.2) is 0 Å². The molecule has 20 heavy (non-hydrogen) atoms. The highest BCUT2D eigenvalue weighted by Gasteiger charge is 2.07. The van der Waals surface area contributed by atoms with Crippen molar-refractivity contribution in [1.29, 1.82) is 0 Å². The molecule has 0 saturated heterocycles. The predicted octanol–water partition coefficient (Wildman–Crippen LogP) is 4.68. The summed E-state index contributed by atoms with van der Waals surface area (Å²) in [6.07, 6.45) is 5.45. The molecule has 0 N–H and O–H groups in total. The lowest BCUT2D eigenvalue weighted by atomic mass is 10.1. The van der Waals surface area contributed by atoms with Crippen molar-refractivity contribution >= 4 is 35.0 Å². The minimum Gasteiger partial charge on any atom is -0.496 e. The molecule has 1 heterocycles. The second-order valence-electron chi connectivity index (χ2n) is 4.22. The molecule has 0 fully saturated rings. The Kier molecular flexibility index (Phi) is 5.04. The molecule has 0 atom stereocenters. The third-order valence-electron chi connectivity index (χ3n) is 2.83. The van der Waals surface area contributed by atoms with Crippen LogP contribution in [-0.4, -0.2) is 19.1 Å². The van der Waals surface area contributed by atoms with E-state index in [1.165, 1.54) is 4.88 Å². The fourth-order valence-corrected chi connectivity index (χ4v) is 3.11. The van der Waals surface area contributed by atoms with Gasteiger partial charge in [0.05, 0.1) is 7.11 Å². The van der Waals surface area contributed by atoms with Crippen LogP contribution < -0.4 is 4.74 Å². The molecule has 0 aliphatic heterocycles. The highest BCUT2D eigenvalue weighted by Crippen LogP contribution is 2.28. The van der Waals surface area contributed by atoms with Gasteiger partial charge in [-0.2, -0.15) is 0 Å². The van der Waals surface area contributed by atoms with Crippen LogP contribution in [0, 0.1) is 6.92 Å². The molecule has 0 spiro atoms. The standard InChI is InChI=1S/C16H16O2S2/c1-11-4-6-13(20-11)7-8-14(17)12-5-9-16(19-3)15(10-12)18-2/h4-10H,1-3H3/b8-7+. The van der Waals surface area contributed by atoms with Gasteiger partial charge in [-0.3, -0.25) is 4.79 Å².